The topological polar surface area (TPSA) is 12.4 Å². The monoisotopic (exact) mass is 279 g/mol. The molecular weight excluding hydrogens is 262 g/mol. The lowest BCUT2D eigenvalue weighted by molar-refractivity contribution is 1.38. The van der Waals surface area contributed by atoms with E-state index in [0.29, 0.717) is 5.88 Å². The quantitative estimate of drug-likeness (QED) is 0.465. The second-order valence-corrected chi connectivity index (χ2v) is 4.50. The van der Waals surface area contributed by atoms with Crippen LogP contribution in [0.2, 0.25) is 0 Å². The molecule has 0 fully saturated rings. The predicted molar refractivity (Wildman–Crippen MR) is 91.4 cm³/mol. The van der Waals surface area contributed by atoms with Crippen LogP contribution >= 0.6 is 12.6 Å². The van der Waals surface area contributed by atoms with Crippen molar-refractivity contribution in [2.75, 3.05) is 5.88 Å². The SMILES string of the molecule is C=C/C(=C\C(=N/CS)c1ccccc1)c1ccccc1. The number of thiol groups is 1. The van der Waals surface area contributed by atoms with E-state index in [4.69, 9.17) is 0 Å². The molecule has 0 aliphatic rings. The third-order valence-corrected chi connectivity index (χ3v) is 3.07. The summed E-state index contributed by atoms with van der Waals surface area (Å²) in [5.41, 5.74) is 4.18. The van der Waals surface area contributed by atoms with Crippen LogP contribution in [0.4, 0.5) is 0 Å². The third-order valence-electron chi connectivity index (χ3n) is 2.93. The van der Waals surface area contributed by atoms with Gasteiger partial charge in [0.2, 0.25) is 0 Å². The molecule has 2 aromatic rings. The van der Waals surface area contributed by atoms with Gasteiger partial charge in [0.1, 0.15) is 0 Å². The zero-order chi connectivity index (χ0) is 14.2. The first kappa shape index (κ1) is 14.4. The van der Waals surface area contributed by atoms with E-state index in [1.165, 1.54) is 0 Å². The normalized spacial score (nSPS) is 12.2. The summed E-state index contributed by atoms with van der Waals surface area (Å²) < 4.78 is 0. The van der Waals surface area contributed by atoms with E-state index < -0.39 is 0 Å². The lowest BCUT2D eigenvalue weighted by Crippen LogP contribution is -1.98. The van der Waals surface area contributed by atoms with Crippen LogP contribution in [-0.2, 0) is 0 Å². The van der Waals surface area contributed by atoms with E-state index in [1.54, 1.807) is 0 Å². The highest BCUT2D eigenvalue weighted by molar-refractivity contribution is 7.80. The summed E-state index contributed by atoms with van der Waals surface area (Å²) in [5.74, 6) is 0.458. The van der Waals surface area contributed by atoms with Crippen molar-refractivity contribution < 1.29 is 0 Å². The first-order valence-corrected chi connectivity index (χ1v) is 7.08. The standard InChI is InChI=1S/C18H17NS/c1-2-15(16-9-5-3-6-10-16)13-18(19-14-20)17-11-7-4-8-12-17/h2-13,20H,1,14H2/b15-13+,19-18+. The maximum atomic E-state index is 4.46. The van der Waals surface area contributed by atoms with Crippen molar-refractivity contribution >= 4 is 23.9 Å². The number of hydrogen-bond acceptors (Lipinski definition) is 2. The molecule has 2 heteroatoms. The van der Waals surface area contributed by atoms with Crippen LogP contribution in [0.15, 0.2) is 84.4 Å². The van der Waals surface area contributed by atoms with E-state index in [9.17, 15) is 0 Å². The van der Waals surface area contributed by atoms with Crippen molar-refractivity contribution in [3.05, 3.63) is 90.5 Å². The Morgan fingerprint density at radius 1 is 0.950 bits per heavy atom. The van der Waals surface area contributed by atoms with E-state index in [-0.39, 0.29) is 0 Å². The molecule has 0 heterocycles. The van der Waals surface area contributed by atoms with Crippen LogP contribution in [0.25, 0.3) is 5.57 Å². The number of benzene rings is 2. The van der Waals surface area contributed by atoms with E-state index in [1.807, 2.05) is 60.7 Å². The molecule has 0 bridgehead atoms. The highest BCUT2D eigenvalue weighted by atomic mass is 32.1. The molecule has 20 heavy (non-hydrogen) atoms. The minimum Gasteiger partial charge on any atom is -0.274 e. The Morgan fingerprint density at radius 2 is 1.50 bits per heavy atom. The fourth-order valence-corrected chi connectivity index (χ4v) is 2.10. The van der Waals surface area contributed by atoms with E-state index >= 15 is 0 Å². The molecule has 0 saturated heterocycles. The second-order valence-electron chi connectivity index (χ2n) is 4.22. The fraction of sp³-hybridized carbons (Fsp3) is 0.0556. The largest absolute Gasteiger partial charge is 0.274 e. The summed E-state index contributed by atoms with van der Waals surface area (Å²) in [6.45, 7) is 3.90. The number of aliphatic imine (C=N–C) groups is 1. The molecule has 0 aromatic heterocycles. The van der Waals surface area contributed by atoms with Gasteiger partial charge in [-0.2, -0.15) is 12.6 Å². The zero-order valence-corrected chi connectivity index (χ0v) is 12.1. The summed E-state index contributed by atoms with van der Waals surface area (Å²) >= 11 is 4.21. The summed E-state index contributed by atoms with van der Waals surface area (Å²) in [6.07, 6.45) is 3.90. The fourth-order valence-electron chi connectivity index (χ4n) is 1.94. The molecule has 2 rings (SSSR count). The second kappa shape index (κ2) is 7.51. The maximum absolute atomic E-state index is 4.46. The maximum Gasteiger partial charge on any atom is 0.0822 e. The first-order chi connectivity index (χ1) is 9.85. The molecule has 0 amide bonds. The lowest BCUT2D eigenvalue weighted by Gasteiger charge is -2.06. The van der Waals surface area contributed by atoms with Gasteiger partial charge in [0.25, 0.3) is 0 Å². The van der Waals surface area contributed by atoms with Crippen molar-refractivity contribution in [3.63, 3.8) is 0 Å². The van der Waals surface area contributed by atoms with Gasteiger partial charge in [-0.15, -0.1) is 0 Å². The highest BCUT2D eigenvalue weighted by Gasteiger charge is 2.02. The summed E-state index contributed by atoms with van der Waals surface area (Å²) in [4.78, 5) is 4.46. The number of nitrogens with zero attached hydrogens (tertiary/aromatic N) is 1. The Kier molecular flexibility index (Phi) is 5.39. The molecule has 0 saturated carbocycles. The Labute approximate surface area is 125 Å². The highest BCUT2D eigenvalue weighted by Crippen LogP contribution is 2.17. The molecule has 100 valence electrons. The van der Waals surface area contributed by atoms with Gasteiger partial charge in [0, 0.05) is 0 Å². The Bertz CT molecular complexity index is 612. The number of hydrogen-bond donors (Lipinski definition) is 1. The summed E-state index contributed by atoms with van der Waals surface area (Å²) in [6, 6.07) is 20.3. The van der Waals surface area contributed by atoms with Crippen molar-refractivity contribution in [1.82, 2.24) is 0 Å². The Morgan fingerprint density at radius 3 is 2.00 bits per heavy atom. The molecule has 0 radical (unpaired) electrons. The van der Waals surface area contributed by atoms with Gasteiger partial charge in [0.15, 0.2) is 0 Å². The van der Waals surface area contributed by atoms with Gasteiger partial charge in [-0.3, -0.25) is 4.99 Å². The van der Waals surface area contributed by atoms with Gasteiger partial charge in [-0.25, -0.2) is 0 Å². The molecule has 0 aliphatic heterocycles. The van der Waals surface area contributed by atoms with Crippen LogP contribution in [0.1, 0.15) is 11.1 Å². The minimum atomic E-state index is 0.458. The average molecular weight is 279 g/mol. The molecule has 1 nitrogen and oxygen atoms in total. The first-order valence-electron chi connectivity index (χ1n) is 6.45. The van der Waals surface area contributed by atoms with Crippen LogP contribution in [0, 0.1) is 0 Å². The molecule has 0 unspecified atom stereocenters. The third kappa shape index (κ3) is 3.72. The van der Waals surface area contributed by atoms with E-state index in [2.05, 4.69) is 36.3 Å². The number of allylic oxidation sites excluding steroid dienone is 3. The zero-order valence-electron chi connectivity index (χ0n) is 11.2. The van der Waals surface area contributed by atoms with Crippen LogP contribution in [0.3, 0.4) is 0 Å². The average Bonchev–Trinajstić information content (AvgIpc) is 2.53. The van der Waals surface area contributed by atoms with Gasteiger partial charge >= 0.3 is 0 Å². The predicted octanol–water partition coefficient (Wildman–Crippen LogP) is 4.63. The smallest absolute Gasteiger partial charge is 0.0822 e. The minimum absolute atomic E-state index is 0.458. The van der Waals surface area contributed by atoms with Gasteiger partial charge in [-0.05, 0) is 22.8 Å². The molecule has 2 aromatic carbocycles. The van der Waals surface area contributed by atoms with Crippen LogP contribution in [0.5, 0.6) is 0 Å². The number of rotatable bonds is 5. The van der Waals surface area contributed by atoms with Crippen LogP contribution in [-0.4, -0.2) is 11.6 Å². The van der Waals surface area contributed by atoms with Gasteiger partial charge in [0.05, 0.1) is 11.6 Å². The summed E-state index contributed by atoms with van der Waals surface area (Å²) in [5, 5.41) is 0. The van der Waals surface area contributed by atoms with E-state index in [0.717, 1.165) is 22.4 Å². The van der Waals surface area contributed by atoms with Gasteiger partial charge in [-0.1, -0.05) is 73.3 Å². The van der Waals surface area contributed by atoms with Crippen molar-refractivity contribution in [3.8, 4) is 0 Å². The molecule has 0 spiro atoms. The Hall–Kier alpha value is -2.06. The Balaban J connectivity index is 2.43. The molecular formula is C18H17NS. The van der Waals surface area contributed by atoms with Gasteiger partial charge < -0.3 is 0 Å². The molecule has 0 aliphatic carbocycles. The molecule has 0 atom stereocenters. The van der Waals surface area contributed by atoms with Crippen LogP contribution < -0.4 is 0 Å². The van der Waals surface area contributed by atoms with Crippen molar-refractivity contribution in [2.24, 2.45) is 4.99 Å². The molecule has 0 N–H and O–H groups in total. The van der Waals surface area contributed by atoms with Crippen molar-refractivity contribution in [2.45, 2.75) is 0 Å². The lowest BCUT2D eigenvalue weighted by atomic mass is 10.0. The summed E-state index contributed by atoms with van der Waals surface area (Å²) in [7, 11) is 0. The van der Waals surface area contributed by atoms with Crippen molar-refractivity contribution in [1.29, 1.82) is 0 Å².